The maximum absolute atomic E-state index is 12.1. The number of pyridine rings is 1. The third-order valence-corrected chi connectivity index (χ3v) is 5.26. The highest BCUT2D eigenvalue weighted by Crippen LogP contribution is 2.33. The second-order valence-electron chi connectivity index (χ2n) is 5.72. The van der Waals surface area contributed by atoms with Gasteiger partial charge in [0, 0.05) is 46.3 Å². The topological polar surface area (TPSA) is 60.9 Å². The lowest BCUT2D eigenvalue weighted by molar-refractivity contribution is 0.1000. The molecule has 0 aliphatic heterocycles. The molecule has 0 aliphatic carbocycles. The summed E-state index contributed by atoms with van der Waals surface area (Å²) in [6, 6.07) is 8.08. The standard InChI is InChI=1S/C19H21N3OS/c1-3-16-18(14-6-4-9-21-12-14)17(19(20)23)13(2)22(16)10-8-15-7-5-11-24-15/h4-7,9,11-12H,3,8,10H2,1-2H3,(H2,20,23). The molecule has 3 heterocycles. The van der Waals surface area contributed by atoms with E-state index in [1.165, 1.54) is 4.88 Å². The van der Waals surface area contributed by atoms with Crippen molar-refractivity contribution in [2.45, 2.75) is 33.2 Å². The van der Waals surface area contributed by atoms with E-state index in [0.29, 0.717) is 5.56 Å². The summed E-state index contributed by atoms with van der Waals surface area (Å²) in [5.74, 6) is -0.379. The molecule has 1 amide bonds. The number of aromatic nitrogens is 2. The fourth-order valence-corrected chi connectivity index (χ4v) is 3.97. The fourth-order valence-electron chi connectivity index (χ4n) is 3.27. The van der Waals surface area contributed by atoms with Crippen LogP contribution < -0.4 is 5.73 Å². The first-order valence-electron chi connectivity index (χ1n) is 8.08. The maximum atomic E-state index is 12.1. The van der Waals surface area contributed by atoms with Crippen LogP contribution in [0.15, 0.2) is 42.0 Å². The third kappa shape index (κ3) is 2.99. The Labute approximate surface area is 146 Å². The van der Waals surface area contributed by atoms with Crippen molar-refractivity contribution < 1.29 is 4.79 Å². The van der Waals surface area contributed by atoms with Gasteiger partial charge in [-0.15, -0.1) is 11.3 Å². The van der Waals surface area contributed by atoms with Gasteiger partial charge in [0.1, 0.15) is 0 Å². The van der Waals surface area contributed by atoms with Crippen molar-refractivity contribution in [1.29, 1.82) is 0 Å². The molecule has 0 saturated carbocycles. The lowest BCUT2D eigenvalue weighted by Gasteiger charge is -2.11. The lowest BCUT2D eigenvalue weighted by atomic mass is 10.0. The normalized spacial score (nSPS) is 10.9. The van der Waals surface area contributed by atoms with Gasteiger partial charge in [0.2, 0.25) is 0 Å². The Morgan fingerprint density at radius 2 is 2.17 bits per heavy atom. The van der Waals surface area contributed by atoms with Crippen molar-refractivity contribution >= 4 is 17.2 Å². The van der Waals surface area contributed by atoms with Gasteiger partial charge in [0.15, 0.2) is 0 Å². The van der Waals surface area contributed by atoms with E-state index in [2.05, 4.69) is 34.0 Å². The minimum absolute atomic E-state index is 0.379. The average Bonchev–Trinajstić information content (AvgIpc) is 3.19. The van der Waals surface area contributed by atoms with Crippen molar-refractivity contribution in [3.05, 3.63) is 63.9 Å². The second kappa shape index (κ2) is 7.01. The molecule has 24 heavy (non-hydrogen) atoms. The summed E-state index contributed by atoms with van der Waals surface area (Å²) in [4.78, 5) is 17.7. The molecule has 0 bridgehead atoms. The molecule has 0 atom stereocenters. The van der Waals surface area contributed by atoms with Gasteiger partial charge < -0.3 is 10.3 Å². The number of carbonyl (C=O) groups is 1. The highest BCUT2D eigenvalue weighted by Gasteiger charge is 2.23. The number of rotatable bonds is 6. The van der Waals surface area contributed by atoms with Gasteiger partial charge in [-0.25, -0.2) is 0 Å². The lowest BCUT2D eigenvalue weighted by Crippen LogP contribution is -2.13. The average molecular weight is 339 g/mol. The number of nitrogens with two attached hydrogens (primary N) is 1. The van der Waals surface area contributed by atoms with Crippen LogP contribution in [-0.2, 0) is 19.4 Å². The van der Waals surface area contributed by atoms with E-state index in [0.717, 1.165) is 41.9 Å². The molecule has 3 aromatic rings. The highest BCUT2D eigenvalue weighted by atomic mass is 32.1. The fraction of sp³-hybridized carbons (Fsp3) is 0.263. The zero-order valence-corrected chi connectivity index (χ0v) is 14.8. The highest BCUT2D eigenvalue weighted by molar-refractivity contribution is 7.09. The zero-order valence-electron chi connectivity index (χ0n) is 14.0. The Kier molecular flexibility index (Phi) is 4.81. The van der Waals surface area contributed by atoms with Crippen molar-refractivity contribution in [3.8, 4) is 11.1 Å². The van der Waals surface area contributed by atoms with Crippen molar-refractivity contribution in [3.63, 3.8) is 0 Å². The molecule has 0 saturated heterocycles. The Balaban J connectivity index is 2.10. The van der Waals surface area contributed by atoms with Gasteiger partial charge in [0.25, 0.3) is 5.91 Å². The van der Waals surface area contributed by atoms with E-state index < -0.39 is 0 Å². The molecular weight excluding hydrogens is 318 g/mol. The summed E-state index contributed by atoms with van der Waals surface area (Å²) >= 11 is 1.76. The molecule has 0 aromatic carbocycles. The van der Waals surface area contributed by atoms with E-state index in [9.17, 15) is 4.79 Å². The number of nitrogens with zero attached hydrogens (tertiary/aromatic N) is 2. The third-order valence-electron chi connectivity index (χ3n) is 4.32. The van der Waals surface area contributed by atoms with Crippen molar-refractivity contribution in [1.82, 2.24) is 9.55 Å². The van der Waals surface area contributed by atoms with E-state index >= 15 is 0 Å². The van der Waals surface area contributed by atoms with Crippen LogP contribution in [-0.4, -0.2) is 15.5 Å². The van der Waals surface area contributed by atoms with Crippen molar-refractivity contribution in [2.75, 3.05) is 0 Å². The van der Waals surface area contributed by atoms with Crippen LogP contribution in [0, 0.1) is 6.92 Å². The summed E-state index contributed by atoms with van der Waals surface area (Å²) in [7, 11) is 0. The molecule has 0 unspecified atom stereocenters. The largest absolute Gasteiger partial charge is 0.366 e. The van der Waals surface area contributed by atoms with Crippen LogP contribution >= 0.6 is 11.3 Å². The molecule has 0 aliphatic rings. The summed E-state index contributed by atoms with van der Waals surface area (Å²) in [6.07, 6.45) is 5.32. The first-order chi connectivity index (χ1) is 11.6. The van der Waals surface area contributed by atoms with Gasteiger partial charge >= 0.3 is 0 Å². The Morgan fingerprint density at radius 3 is 2.75 bits per heavy atom. The molecular formula is C19H21N3OS. The van der Waals surface area contributed by atoms with E-state index in [1.807, 2.05) is 19.1 Å². The Morgan fingerprint density at radius 1 is 1.33 bits per heavy atom. The van der Waals surface area contributed by atoms with Gasteiger partial charge in [-0.3, -0.25) is 9.78 Å². The predicted octanol–water partition coefficient (Wildman–Crippen LogP) is 3.82. The molecule has 5 heteroatoms. The first kappa shape index (κ1) is 16.5. The summed E-state index contributed by atoms with van der Waals surface area (Å²) < 4.78 is 2.24. The number of aryl methyl sites for hydroxylation is 1. The Hall–Kier alpha value is -2.40. The second-order valence-corrected chi connectivity index (χ2v) is 6.75. The van der Waals surface area contributed by atoms with E-state index in [1.54, 1.807) is 23.7 Å². The molecule has 124 valence electrons. The minimum Gasteiger partial charge on any atom is -0.366 e. The quantitative estimate of drug-likeness (QED) is 0.742. The van der Waals surface area contributed by atoms with Gasteiger partial charge in [-0.05, 0) is 37.3 Å². The van der Waals surface area contributed by atoms with Gasteiger partial charge in [-0.2, -0.15) is 0 Å². The van der Waals surface area contributed by atoms with Gasteiger partial charge in [-0.1, -0.05) is 19.1 Å². The molecule has 0 spiro atoms. The van der Waals surface area contributed by atoms with Crippen LogP contribution in [0.2, 0.25) is 0 Å². The summed E-state index contributed by atoms with van der Waals surface area (Å²) in [5.41, 5.74) is 10.3. The van der Waals surface area contributed by atoms with Crippen LogP contribution in [0.1, 0.15) is 33.5 Å². The zero-order chi connectivity index (χ0) is 17.1. The van der Waals surface area contributed by atoms with Gasteiger partial charge in [0.05, 0.1) is 5.56 Å². The van der Waals surface area contributed by atoms with Crippen LogP contribution in [0.3, 0.4) is 0 Å². The minimum atomic E-state index is -0.379. The molecule has 0 radical (unpaired) electrons. The predicted molar refractivity (Wildman–Crippen MR) is 98.3 cm³/mol. The summed E-state index contributed by atoms with van der Waals surface area (Å²) in [5, 5.41) is 2.09. The van der Waals surface area contributed by atoms with E-state index in [-0.39, 0.29) is 5.91 Å². The number of carbonyl (C=O) groups excluding carboxylic acids is 1. The number of thiophene rings is 1. The smallest absolute Gasteiger partial charge is 0.251 e. The number of hydrogen-bond acceptors (Lipinski definition) is 3. The Bertz CT molecular complexity index is 835. The molecule has 3 rings (SSSR count). The number of primary amides is 1. The van der Waals surface area contributed by atoms with Crippen LogP contribution in [0.25, 0.3) is 11.1 Å². The number of amides is 1. The SMILES string of the molecule is CCc1c(-c2cccnc2)c(C(N)=O)c(C)n1CCc1cccs1. The molecule has 4 nitrogen and oxygen atoms in total. The van der Waals surface area contributed by atoms with Crippen LogP contribution in [0.4, 0.5) is 0 Å². The first-order valence-corrected chi connectivity index (χ1v) is 8.96. The summed E-state index contributed by atoms with van der Waals surface area (Å²) in [6.45, 7) is 4.94. The van der Waals surface area contributed by atoms with E-state index in [4.69, 9.17) is 5.73 Å². The molecule has 3 aromatic heterocycles. The van der Waals surface area contributed by atoms with Crippen LogP contribution in [0.5, 0.6) is 0 Å². The molecule has 2 N–H and O–H groups in total. The van der Waals surface area contributed by atoms with Crippen molar-refractivity contribution in [2.24, 2.45) is 5.73 Å². The number of hydrogen-bond donors (Lipinski definition) is 1. The maximum Gasteiger partial charge on any atom is 0.251 e. The molecule has 0 fully saturated rings. The monoisotopic (exact) mass is 339 g/mol.